The fraction of sp³-hybridized carbons (Fsp3) is 0.562. The van der Waals surface area contributed by atoms with Crippen molar-refractivity contribution in [2.75, 3.05) is 0 Å². The van der Waals surface area contributed by atoms with Crippen molar-refractivity contribution in [1.82, 2.24) is 0 Å². The van der Waals surface area contributed by atoms with Gasteiger partial charge in [0.05, 0.1) is 17.6 Å². The molecule has 2 heterocycles. The van der Waals surface area contributed by atoms with Crippen molar-refractivity contribution in [2.24, 2.45) is 11.8 Å². The molecule has 5 rings (SSSR count). The van der Waals surface area contributed by atoms with Crippen LogP contribution in [-0.2, 0) is 9.53 Å². The highest BCUT2D eigenvalue weighted by Crippen LogP contribution is 2.77. The lowest BCUT2D eigenvalue weighted by Crippen LogP contribution is -2.29. The molecule has 94 valence electrons. The zero-order valence-electron chi connectivity index (χ0n) is 10.8. The number of ether oxygens (including phenoxy) is 1. The van der Waals surface area contributed by atoms with Crippen LogP contribution in [0.5, 0.6) is 0 Å². The SMILES string of the molecule is CCC(=O)C1[C@@H]2O[C@]3(CC)[C@H]1[C@@H]3c1ccccc12. The van der Waals surface area contributed by atoms with Gasteiger partial charge in [0.15, 0.2) is 0 Å². The molecule has 5 atom stereocenters. The Morgan fingerprint density at radius 3 is 2.67 bits per heavy atom. The summed E-state index contributed by atoms with van der Waals surface area (Å²) in [5, 5.41) is 0. The van der Waals surface area contributed by atoms with Crippen LogP contribution in [0.4, 0.5) is 0 Å². The molecular formula is C16H18O2. The quantitative estimate of drug-likeness (QED) is 0.813. The van der Waals surface area contributed by atoms with Crippen molar-refractivity contribution in [3.05, 3.63) is 35.4 Å². The molecule has 2 fully saturated rings. The summed E-state index contributed by atoms with van der Waals surface area (Å²) in [5.41, 5.74) is 2.71. The van der Waals surface area contributed by atoms with Gasteiger partial charge in [-0.05, 0) is 17.5 Å². The van der Waals surface area contributed by atoms with E-state index in [1.54, 1.807) is 0 Å². The van der Waals surface area contributed by atoms with Gasteiger partial charge >= 0.3 is 0 Å². The van der Waals surface area contributed by atoms with Crippen molar-refractivity contribution in [2.45, 2.75) is 44.3 Å². The maximum absolute atomic E-state index is 12.2. The summed E-state index contributed by atoms with van der Waals surface area (Å²) in [4.78, 5) is 12.2. The minimum atomic E-state index is -0.00544. The average molecular weight is 242 g/mol. The van der Waals surface area contributed by atoms with E-state index in [2.05, 4.69) is 31.2 Å². The molecule has 18 heavy (non-hydrogen) atoms. The van der Waals surface area contributed by atoms with Gasteiger partial charge in [-0.2, -0.15) is 0 Å². The van der Waals surface area contributed by atoms with Crippen molar-refractivity contribution >= 4 is 5.78 Å². The Balaban J connectivity index is 1.86. The van der Waals surface area contributed by atoms with Crippen LogP contribution in [0.3, 0.4) is 0 Å². The Hall–Kier alpha value is -1.15. The molecule has 1 aromatic carbocycles. The van der Waals surface area contributed by atoms with E-state index in [1.165, 1.54) is 11.1 Å². The second-order valence-electron chi connectivity index (χ2n) is 5.82. The molecule has 4 bridgehead atoms. The normalized spacial score (nSPS) is 42.6. The van der Waals surface area contributed by atoms with Crippen molar-refractivity contribution in [1.29, 1.82) is 0 Å². The van der Waals surface area contributed by atoms with Crippen molar-refractivity contribution < 1.29 is 9.53 Å². The molecule has 4 aliphatic rings. The summed E-state index contributed by atoms with van der Waals surface area (Å²) in [6, 6.07) is 8.54. The third-order valence-corrected chi connectivity index (χ3v) is 5.31. The molecule has 0 amide bonds. The van der Waals surface area contributed by atoms with E-state index >= 15 is 0 Å². The summed E-state index contributed by atoms with van der Waals surface area (Å²) in [6.07, 6.45) is 1.69. The van der Waals surface area contributed by atoms with Crippen LogP contribution >= 0.6 is 0 Å². The first-order valence-electron chi connectivity index (χ1n) is 7.04. The molecular weight excluding hydrogens is 224 g/mol. The minimum absolute atomic E-state index is 0.00544. The van der Waals surface area contributed by atoms with E-state index in [-0.39, 0.29) is 17.6 Å². The number of hydrogen-bond acceptors (Lipinski definition) is 2. The molecule has 0 radical (unpaired) electrons. The largest absolute Gasteiger partial charge is 0.365 e. The van der Waals surface area contributed by atoms with Gasteiger partial charge in [0.2, 0.25) is 0 Å². The number of ketones is 1. The molecule has 0 spiro atoms. The Kier molecular flexibility index (Phi) is 1.93. The van der Waals surface area contributed by atoms with Gasteiger partial charge in [-0.3, -0.25) is 4.79 Å². The van der Waals surface area contributed by atoms with Crippen molar-refractivity contribution in [3.8, 4) is 0 Å². The van der Waals surface area contributed by atoms with Gasteiger partial charge in [-0.1, -0.05) is 38.1 Å². The number of benzene rings is 1. The topological polar surface area (TPSA) is 26.3 Å². The van der Waals surface area contributed by atoms with Crippen LogP contribution in [0.15, 0.2) is 24.3 Å². The molecule has 1 saturated heterocycles. The van der Waals surface area contributed by atoms with Gasteiger partial charge < -0.3 is 4.74 Å². The van der Waals surface area contributed by atoms with Crippen molar-refractivity contribution in [3.63, 3.8) is 0 Å². The number of Topliss-reactive ketones (excluding diaryl/α,β-unsaturated/α-hetero) is 1. The van der Waals surface area contributed by atoms with E-state index < -0.39 is 0 Å². The van der Waals surface area contributed by atoms with Crippen LogP contribution in [0.2, 0.25) is 0 Å². The van der Waals surface area contributed by atoms with E-state index in [0.717, 1.165) is 6.42 Å². The average Bonchev–Trinajstić information content (AvgIpc) is 2.99. The lowest BCUT2D eigenvalue weighted by Gasteiger charge is -2.33. The monoisotopic (exact) mass is 242 g/mol. The van der Waals surface area contributed by atoms with Crippen LogP contribution < -0.4 is 0 Å². The molecule has 1 saturated carbocycles. The first-order valence-corrected chi connectivity index (χ1v) is 7.04. The lowest BCUT2D eigenvalue weighted by atomic mass is 9.79. The Morgan fingerprint density at radius 1 is 1.28 bits per heavy atom. The van der Waals surface area contributed by atoms with Gasteiger partial charge in [0.1, 0.15) is 5.78 Å². The lowest BCUT2D eigenvalue weighted by molar-refractivity contribution is -0.127. The van der Waals surface area contributed by atoms with E-state index in [4.69, 9.17) is 4.74 Å². The molecule has 0 N–H and O–H groups in total. The first kappa shape index (κ1) is 10.7. The second-order valence-corrected chi connectivity index (χ2v) is 5.82. The highest BCUT2D eigenvalue weighted by atomic mass is 16.5. The van der Waals surface area contributed by atoms with Gasteiger partial charge in [-0.15, -0.1) is 0 Å². The Morgan fingerprint density at radius 2 is 2.00 bits per heavy atom. The van der Waals surface area contributed by atoms with Gasteiger partial charge in [0, 0.05) is 18.3 Å². The molecule has 2 aliphatic heterocycles. The van der Waals surface area contributed by atoms with Crippen LogP contribution in [0, 0.1) is 11.8 Å². The summed E-state index contributed by atoms with van der Waals surface area (Å²) in [5.74, 6) is 1.44. The summed E-state index contributed by atoms with van der Waals surface area (Å²) >= 11 is 0. The number of carbonyl (C=O) groups excluding carboxylic acids is 1. The molecule has 0 aromatic heterocycles. The predicted molar refractivity (Wildman–Crippen MR) is 68.3 cm³/mol. The second kappa shape index (κ2) is 3.24. The van der Waals surface area contributed by atoms with Crippen LogP contribution in [-0.4, -0.2) is 11.4 Å². The first-order chi connectivity index (χ1) is 8.74. The van der Waals surface area contributed by atoms with E-state index in [1.807, 2.05) is 6.92 Å². The molecule has 2 aliphatic carbocycles. The molecule has 2 nitrogen and oxygen atoms in total. The fourth-order valence-corrected chi connectivity index (χ4v) is 4.52. The summed E-state index contributed by atoms with van der Waals surface area (Å²) < 4.78 is 6.31. The highest BCUT2D eigenvalue weighted by Gasteiger charge is 2.78. The fourth-order valence-electron chi connectivity index (χ4n) is 4.52. The van der Waals surface area contributed by atoms with Gasteiger partial charge in [0.25, 0.3) is 0 Å². The molecule has 1 unspecified atom stereocenters. The van der Waals surface area contributed by atoms with E-state index in [9.17, 15) is 4.79 Å². The van der Waals surface area contributed by atoms with Gasteiger partial charge in [-0.25, -0.2) is 0 Å². The zero-order chi connectivity index (χ0) is 12.5. The third kappa shape index (κ3) is 0.982. The zero-order valence-corrected chi connectivity index (χ0v) is 10.8. The molecule has 1 aromatic rings. The smallest absolute Gasteiger partial charge is 0.139 e. The third-order valence-electron chi connectivity index (χ3n) is 5.31. The Bertz CT molecular complexity index is 536. The van der Waals surface area contributed by atoms with E-state index in [0.29, 0.717) is 24.0 Å². The molecule has 2 heteroatoms. The summed E-state index contributed by atoms with van der Waals surface area (Å²) in [7, 11) is 0. The maximum Gasteiger partial charge on any atom is 0.139 e. The minimum Gasteiger partial charge on any atom is -0.365 e. The highest BCUT2D eigenvalue weighted by molar-refractivity contribution is 5.84. The number of carbonyl (C=O) groups is 1. The van der Waals surface area contributed by atoms with Crippen LogP contribution in [0.1, 0.15) is 49.8 Å². The summed E-state index contributed by atoms with van der Waals surface area (Å²) in [6.45, 7) is 4.16. The predicted octanol–water partition coefficient (Wildman–Crippen LogP) is 3.23. The number of rotatable bonds is 3. The maximum atomic E-state index is 12.2. The van der Waals surface area contributed by atoms with Crippen LogP contribution in [0.25, 0.3) is 0 Å². The Labute approximate surface area is 107 Å². The number of hydrogen-bond donors (Lipinski definition) is 0. The standard InChI is InChI=1S/C16H18O2/c1-3-11(17)12-14-13-9-7-5-6-8-10(9)15(12)18-16(13,14)4-2/h5-8,12-15H,3-4H2,1-2H3/t12?,13-,14+,15+,16-/m0/s1.